The highest BCUT2D eigenvalue weighted by molar-refractivity contribution is 5.83. The van der Waals surface area contributed by atoms with Crippen LogP contribution in [0.3, 0.4) is 0 Å². The Morgan fingerprint density at radius 1 is 1.21 bits per heavy atom. The lowest BCUT2D eigenvalue weighted by molar-refractivity contribution is -0.386. The molecule has 0 bridgehead atoms. The van der Waals surface area contributed by atoms with Crippen LogP contribution < -0.4 is 15.0 Å². The van der Waals surface area contributed by atoms with Crippen LogP contribution >= 0.6 is 0 Å². The van der Waals surface area contributed by atoms with Gasteiger partial charge in [0.2, 0.25) is 5.75 Å². The molecule has 0 radical (unpaired) electrons. The van der Waals surface area contributed by atoms with Crippen molar-refractivity contribution in [3.63, 3.8) is 0 Å². The van der Waals surface area contributed by atoms with Gasteiger partial charge in [-0.15, -0.1) is 0 Å². The summed E-state index contributed by atoms with van der Waals surface area (Å²) in [5.41, 5.74) is 0.566. The molecule has 0 atom stereocenters. The minimum Gasteiger partial charge on any atom is -0.493 e. The zero-order chi connectivity index (χ0) is 24.2. The first kappa shape index (κ1) is 23.4. The second-order valence-corrected chi connectivity index (χ2v) is 8.68. The van der Waals surface area contributed by atoms with Crippen molar-refractivity contribution in [1.29, 1.82) is 0 Å². The van der Waals surface area contributed by atoms with Crippen molar-refractivity contribution in [2.75, 3.05) is 7.11 Å². The standard InChI is InChI=1S/C25H28N4O5/c1-16(2)34-23-21(29(31)32)13-17(14-22(23)33-3)15-26-28-24(18-9-5-4-6-10-18)27-20-12-8-7-11-19(20)25(28)30/h7-8,11-16,18H,4-6,9-10H2,1-3H3. The number of ether oxygens (including phenoxy) is 2. The normalized spacial score (nSPS) is 14.7. The highest BCUT2D eigenvalue weighted by atomic mass is 16.6. The zero-order valence-corrected chi connectivity index (χ0v) is 19.6. The van der Waals surface area contributed by atoms with Gasteiger partial charge in [-0.3, -0.25) is 14.9 Å². The van der Waals surface area contributed by atoms with Gasteiger partial charge in [0, 0.05) is 17.5 Å². The molecule has 3 aromatic rings. The Morgan fingerprint density at radius 2 is 1.94 bits per heavy atom. The molecule has 9 heteroatoms. The average molecular weight is 465 g/mol. The van der Waals surface area contributed by atoms with Gasteiger partial charge in [0.25, 0.3) is 5.56 Å². The maximum Gasteiger partial charge on any atom is 0.315 e. The third-order valence-corrected chi connectivity index (χ3v) is 5.90. The molecule has 1 fully saturated rings. The minimum absolute atomic E-state index is 0.0621. The van der Waals surface area contributed by atoms with Gasteiger partial charge in [-0.1, -0.05) is 31.4 Å². The Hall–Kier alpha value is -3.75. The fourth-order valence-electron chi connectivity index (χ4n) is 4.33. The number of methoxy groups -OCH3 is 1. The fraction of sp³-hybridized carbons (Fsp3) is 0.400. The van der Waals surface area contributed by atoms with E-state index >= 15 is 0 Å². The predicted molar refractivity (Wildman–Crippen MR) is 130 cm³/mol. The molecule has 1 saturated carbocycles. The van der Waals surface area contributed by atoms with Gasteiger partial charge in [0.05, 0.1) is 35.3 Å². The smallest absolute Gasteiger partial charge is 0.315 e. The van der Waals surface area contributed by atoms with E-state index in [1.807, 2.05) is 12.1 Å². The Bertz CT molecular complexity index is 1290. The van der Waals surface area contributed by atoms with E-state index in [2.05, 4.69) is 5.10 Å². The van der Waals surface area contributed by atoms with Crippen molar-refractivity contribution in [3.8, 4) is 11.5 Å². The summed E-state index contributed by atoms with van der Waals surface area (Å²) in [6.45, 7) is 3.56. The van der Waals surface area contributed by atoms with Gasteiger partial charge in [0.15, 0.2) is 5.75 Å². The number of hydrogen-bond donors (Lipinski definition) is 0. The van der Waals surface area contributed by atoms with Crippen LogP contribution in [0.4, 0.5) is 5.69 Å². The van der Waals surface area contributed by atoms with Crippen molar-refractivity contribution in [3.05, 3.63) is 68.3 Å². The first-order valence-corrected chi connectivity index (χ1v) is 11.5. The van der Waals surface area contributed by atoms with Crippen LogP contribution in [0.1, 0.15) is 63.3 Å². The maximum absolute atomic E-state index is 13.3. The van der Waals surface area contributed by atoms with E-state index in [-0.39, 0.29) is 34.8 Å². The van der Waals surface area contributed by atoms with Gasteiger partial charge in [-0.05, 0) is 44.9 Å². The van der Waals surface area contributed by atoms with E-state index in [0.29, 0.717) is 22.3 Å². The molecule has 4 rings (SSSR count). The van der Waals surface area contributed by atoms with E-state index in [0.717, 1.165) is 25.7 Å². The van der Waals surface area contributed by atoms with Crippen LogP contribution in [0, 0.1) is 10.1 Å². The third-order valence-electron chi connectivity index (χ3n) is 5.90. The summed E-state index contributed by atoms with van der Waals surface area (Å²) in [5, 5.41) is 16.7. The molecule has 9 nitrogen and oxygen atoms in total. The lowest BCUT2D eigenvalue weighted by atomic mass is 9.88. The van der Waals surface area contributed by atoms with Crippen molar-refractivity contribution < 1.29 is 14.4 Å². The number of hydrogen-bond acceptors (Lipinski definition) is 7. The largest absolute Gasteiger partial charge is 0.493 e. The molecular weight excluding hydrogens is 436 g/mol. The second kappa shape index (κ2) is 10.0. The Balaban J connectivity index is 1.83. The maximum atomic E-state index is 13.3. The monoisotopic (exact) mass is 464 g/mol. The number of aromatic nitrogens is 2. The lowest BCUT2D eigenvalue weighted by Crippen LogP contribution is -2.25. The number of para-hydroxylation sites is 1. The Kier molecular flexibility index (Phi) is 6.90. The quantitative estimate of drug-likeness (QED) is 0.276. The molecule has 178 valence electrons. The van der Waals surface area contributed by atoms with Crippen LogP contribution in [0.15, 0.2) is 46.3 Å². The zero-order valence-electron chi connectivity index (χ0n) is 19.6. The second-order valence-electron chi connectivity index (χ2n) is 8.68. The van der Waals surface area contributed by atoms with Crippen LogP contribution in [-0.2, 0) is 0 Å². The molecule has 0 saturated heterocycles. The van der Waals surface area contributed by atoms with Gasteiger partial charge < -0.3 is 9.47 Å². The molecule has 0 amide bonds. The first-order chi connectivity index (χ1) is 16.4. The molecule has 1 aromatic heterocycles. The number of nitro groups is 1. The summed E-state index contributed by atoms with van der Waals surface area (Å²) in [4.78, 5) is 29.3. The number of nitrogens with zero attached hydrogens (tertiary/aromatic N) is 4. The summed E-state index contributed by atoms with van der Waals surface area (Å²) in [6, 6.07) is 10.2. The molecule has 1 heterocycles. The van der Waals surface area contributed by atoms with Gasteiger partial charge in [0.1, 0.15) is 5.82 Å². The molecule has 0 unspecified atom stereocenters. The molecule has 34 heavy (non-hydrogen) atoms. The number of fused-ring (bicyclic) bond motifs is 1. The third kappa shape index (κ3) is 4.78. The van der Waals surface area contributed by atoms with Crippen LogP contribution in [-0.4, -0.2) is 34.0 Å². The number of rotatable bonds is 7. The summed E-state index contributed by atoms with van der Waals surface area (Å²) in [6.07, 6.45) is 6.38. The highest BCUT2D eigenvalue weighted by Crippen LogP contribution is 2.38. The summed E-state index contributed by atoms with van der Waals surface area (Å²) in [5.74, 6) is 1.04. The number of nitro benzene ring substituents is 1. The Morgan fingerprint density at radius 3 is 2.62 bits per heavy atom. The molecule has 1 aliphatic carbocycles. The lowest BCUT2D eigenvalue weighted by Gasteiger charge is -2.22. The topological polar surface area (TPSA) is 109 Å². The summed E-state index contributed by atoms with van der Waals surface area (Å²) in [7, 11) is 1.42. The van der Waals surface area contributed by atoms with Gasteiger partial charge in [-0.2, -0.15) is 9.78 Å². The SMILES string of the molecule is COc1cc(C=Nn2c(C3CCCCC3)nc3ccccc3c2=O)cc([N+](=O)[O-])c1OC(C)C. The molecule has 0 N–H and O–H groups in total. The predicted octanol–water partition coefficient (Wildman–Crippen LogP) is 5.03. The van der Waals surface area contributed by atoms with Crippen LogP contribution in [0.25, 0.3) is 10.9 Å². The molecule has 2 aromatic carbocycles. The molecule has 1 aliphatic rings. The van der Waals surface area contributed by atoms with Crippen molar-refractivity contribution in [1.82, 2.24) is 9.66 Å². The van der Waals surface area contributed by atoms with E-state index in [4.69, 9.17) is 14.5 Å². The minimum atomic E-state index is -0.519. The van der Waals surface area contributed by atoms with E-state index in [1.165, 1.54) is 30.5 Å². The summed E-state index contributed by atoms with van der Waals surface area (Å²) < 4.78 is 12.3. The average Bonchev–Trinajstić information content (AvgIpc) is 2.84. The number of benzene rings is 2. The molecule has 0 spiro atoms. The van der Waals surface area contributed by atoms with E-state index in [1.54, 1.807) is 32.0 Å². The van der Waals surface area contributed by atoms with Crippen LogP contribution in [0.5, 0.6) is 11.5 Å². The van der Waals surface area contributed by atoms with E-state index < -0.39 is 4.92 Å². The fourth-order valence-corrected chi connectivity index (χ4v) is 4.33. The highest BCUT2D eigenvalue weighted by Gasteiger charge is 2.24. The van der Waals surface area contributed by atoms with E-state index in [9.17, 15) is 14.9 Å². The van der Waals surface area contributed by atoms with Crippen molar-refractivity contribution in [2.24, 2.45) is 5.10 Å². The Labute approximate surface area is 197 Å². The summed E-state index contributed by atoms with van der Waals surface area (Å²) >= 11 is 0. The van der Waals surface area contributed by atoms with Crippen LogP contribution in [0.2, 0.25) is 0 Å². The molecule has 0 aliphatic heterocycles. The first-order valence-electron chi connectivity index (χ1n) is 11.5. The van der Waals surface area contributed by atoms with Crippen molar-refractivity contribution >= 4 is 22.8 Å². The van der Waals surface area contributed by atoms with Crippen molar-refractivity contribution in [2.45, 2.75) is 58.0 Å². The molecular formula is C25H28N4O5. The van der Waals surface area contributed by atoms with Gasteiger partial charge >= 0.3 is 5.69 Å². The van der Waals surface area contributed by atoms with Gasteiger partial charge in [-0.25, -0.2) is 4.98 Å².